The fourth-order valence-corrected chi connectivity index (χ4v) is 2.65. The SMILES string of the molecule is Cc1cccc(CN(C(=O)C(CN)C(C)C)C2CC2)c1. The number of aryl methyl sites for hydroxylation is 1. The quantitative estimate of drug-likeness (QED) is 0.867. The fourth-order valence-electron chi connectivity index (χ4n) is 2.65. The number of nitrogens with zero attached hydrogens (tertiary/aromatic N) is 1. The van der Waals surface area contributed by atoms with Crippen LogP contribution in [0.4, 0.5) is 0 Å². The second kappa shape index (κ2) is 6.40. The van der Waals surface area contributed by atoms with Gasteiger partial charge in [-0.25, -0.2) is 0 Å². The van der Waals surface area contributed by atoms with E-state index < -0.39 is 0 Å². The van der Waals surface area contributed by atoms with Crippen molar-refractivity contribution in [2.24, 2.45) is 17.6 Å². The average Bonchev–Trinajstić information content (AvgIpc) is 3.20. The number of carbonyl (C=O) groups is 1. The maximum absolute atomic E-state index is 12.7. The molecule has 1 aromatic carbocycles. The first kappa shape index (κ1) is 15.0. The monoisotopic (exact) mass is 274 g/mol. The van der Waals surface area contributed by atoms with Crippen molar-refractivity contribution in [1.29, 1.82) is 0 Å². The molecule has 2 N–H and O–H groups in total. The van der Waals surface area contributed by atoms with Gasteiger partial charge < -0.3 is 10.6 Å². The molecular formula is C17H26N2O. The normalized spacial score (nSPS) is 16.2. The summed E-state index contributed by atoms with van der Waals surface area (Å²) in [5.41, 5.74) is 8.26. The van der Waals surface area contributed by atoms with Gasteiger partial charge in [-0.3, -0.25) is 4.79 Å². The molecule has 0 heterocycles. The van der Waals surface area contributed by atoms with Gasteiger partial charge in [0.2, 0.25) is 5.91 Å². The van der Waals surface area contributed by atoms with Crippen LogP contribution in [0.15, 0.2) is 24.3 Å². The molecule has 0 aromatic heterocycles. The number of hydrogen-bond acceptors (Lipinski definition) is 2. The summed E-state index contributed by atoms with van der Waals surface area (Å²) in [6.07, 6.45) is 2.26. The van der Waals surface area contributed by atoms with Crippen molar-refractivity contribution < 1.29 is 4.79 Å². The third-order valence-electron chi connectivity index (χ3n) is 4.08. The average molecular weight is 274 g/mol. The number of hydrogen-bond donors (Lipinski definition) is 1. The van der Waals surface area contributed by atoms with E-state index in [0.29, 0.717) is 25.0 Å². The molecule has 1 unspecified atom stereocenters. The lowest BCUT2D eigenvalue weighted by molar-refractivity contribution is -0.137. The molecule has 0 radical (unpaired) electrons. The Labute approximate surface area is 122 Å². The zero-order valence-corrected chi connectivity index (χ0v) is 12.8. The highest BCUT2D eigenvalue weighted by molar-refractivity contribution is 5.80. The molecule has 1 aliphatic carbocycles. The smallest absolute Gasteiger partial charge is 0.227 e. The van der Waals surface area contributed by atoms with Gasteiger partial charge >= 0.3 is 0 Å². The molecule has 0 saturated heterocycles. The molecule has 1 atom stereocenters. The van der Waals surface area contributed by atoms with Gasteiger partial charge in [-0.1, -0.05) is 43.7 Å². The minimum absolute atomic E-state index is 0.0552. The van der Waals surface area contributed by atoms with Crippen LogP contribution in [0.1, 0.15) is 37.8 Å². The van der Waals surface area contributed by atoms with Crippen molar-refractivity contribution in [3.63, 3.8) is 0 Å². The zero-order valence-electron chi connectivity index (χ0n) is 12.8. The molecule has 1 aromatic rings. The van der Waals surface area contributed by atoms with Gasteiger partial charge in [0.25, 0.3) is 0 Å². The van der Waals surface area contributed by atoms with Crippen molar-refractivity contribution in [3.8, 4) is 0 Å². The fraction of sp³-hybridized carbons (Fsp3) is 0.588. The summed E-state index contributed by atoms with van der Waals surface area (Å²) in [6.45, 7) is 7.39. The highest BCUT2D eigenvalue weighted by Gasteiger charge is 2.36. The molecule has 1 amide bonds. The second-order valence-corrected chi connectivity index (χ2v) is 6.27. The van der Waals surface area contributed by atoms with Crippen LogP contribution in [0, 0.1) is 18.8 Å². The maximum Gasteiger partial charge on any atom is 0.227 e. The molecule has 1 fully saturated rings. The standard InChI is InChI=1S/C17H26N2O/c1-12(2)16(10-18)17(20)19(15-7-8-15)11-14-6-4-5-13(3)9-14/h4-6,9,12,15-16H,7-8,10-11,18H2,1-3H3. The van der Waals surface area contributed by atoms with E-state index in [0.717, 1.165) is 12.8 Å². The molecule has 1 aliphatic rings. The van der Waals surface area contributed by atoms with Crippen molar-refractivity contribution in [2.75, 3.05) is 6.54 Å². The summed E-state index contributed by atoms with van der Waals surface area (Å²) in [5, 5.41) is 0. The van der Waals surface area contributed by atoms with E-state index in [2.05, 4.69) is 45.0 Å². The van der Waals surface area contributed by atoms with E-state index in [1.54, 1.807) is 0 Å². The van der Waals surface area contributed by atoms with Gasteiger partial charge in [0.05, 0.1) is 5.92 Å². The lowest BCUT2D eigenvalue weighted by Crippen LogP contribution is -2.42. The van der Waals surface area contributed by atoms with Gasteiger partial charge in [-0.15, -0.1) is 0 Å². The molecule has 3 heteroatoms. The molecule has 0 spiro atoms. The van der Waals surface area contributed by atoms with Crippen molar-refractivity contribution >= 4 is 5.91 Å². The van der Waals surface area contributed by atoms with E-state index in [9.17, 15) is 4.79 Å². The summed E-state index contributed by atoms with van der Waals surface area (Å²) in [5.74, 6) is 0.471. The molecule has 110 valence electrons. The Morgan fingerprint density at radius 3 is 2.60 bits per heavy atom. The predicted molar refractivity (Wildman–Crippen MR) is 82.1 cm³/mol. The number of rotatable bonds is 6. The van der Waals surface area contributed by atoms with Gasteiger partial charge in [0.1, 0.15) is 0 Å². The van der Waals surface area contributed by atoms with Crippen molar-refractivity contribution in [2.45, 2.75) is 46.2 Å². The van der Waals surface area contributed by atoms with E-state index in [1.165, 1.54) is 11.1 Å². The van der Waals surface area contributed by atoms with Crippen LogP contribution in [-0.2, 0) is 11.3 Å². The molecule has 0 bridgehead atoms. The number of benzene rings is 1. The molecule has 3 nitrogen and oxygen atoms in total. The van der Waals surface area contributed by atoms with Crippen LogP contribution >= 0.6 is 0 Å². The minimum atomic E-state index is -0.0552. The van der Waals surface area contributed by atoms with Crippen molar-refractivity contribution in [3.05, 3.63) is 35.4 Å². The van der Waals surface area contributed by atoms with E-state index in [1.807, 2.05) is 4.90 Å². The second-order valence-electron chi connectivity index (χ2n) is 6.27. The zero-order chi connectivity index (χ0) is 14.7. The first-order chi connectivity index (χ1) is 9.52. The van der Waals surface area contributed by atoms with Crippen LogP contribution in [0.5, 0.6) is 0 Å². The summed E-state index contributed by atoms with van der Waals surface area (Å²) in [4.78, 5) is 14.8. The molecule has 1 saturated carbocycles. The largest absolute Gasteiger partial charge is 0.335 e. The lowest BCUT2D eigenvalue weighted by atomic mass is 9.94. The molecule has 0 aliphatic heterocycles. The van der Waals surface area contributed by atoms with E-state index in [4.69, 9.17) is 5.73 Å². The highest BCUT2D eigenvalue weighted by Crippen LogP contribution is 2.30. The van der Waals surface area contributed by atoms with Gasteiger partial charge in [-0.2, -0.15) is 0 Å². The first-order valence-electron chi connectivity index (χ1n) is 7.59. The van der Waals surface area contributed by atoms with E-state index >= 15 is 0 Å². The Hall–Kier alpha value is -1.35. The Balaban J connectivity index is 2.13. The highest BCUT2D eigenvalue weighted by atomic mass is 16.2. The Bertz CT molecular complexity index is 466. The number of nitrogens with two attached hydrogens (primary N) is 1. The van der Waals surface area contributed by atoms with Crippen molar-refractivity contribution in [1.82, 2.24) is 4.90 Å². The predicted octanol–water partition coefficient (Wildman–Crippen LogP) is 2.72. The number of carbonyl (C=O) groups excluding carboxylic acids is 1. The van der Waals surface area contributed by atoms with Crippen LogP contribution in [0.2, 0.25) is 0 Å². The summed E-state index contributed by atoms with van der Waals surface area (Å²) in [7, 11) is 0. The van der Waals surface area contributed by atoms with Gasteiger partial charge in [0.15, 0.2) is 0 Å². The van der Waals surface area contributed by atoms with Crippen LogP contribution in [-0.4, -0.2) is 23.4 Å². The third-order valence-corrected chi connectivity index (χ3v) is 4.08. The summed E-state index contributed by atoms with van der Waals surface area (Å²) >= 11 is 0. The maximum atomic E-state index is 12.7. The van der Waals surface area contributed by atoms with Crippen LogP contribution in [0.3, 0.4) is 0 Å². The van der Waals surface area contributed by atoms with Crippen LogP contribution in [0.25, 0.3) is 0 Å². The Morgan fingerprint density at radius 1 is 1.40 bits per heavy atom. The summed E-state index contributed by atoms with van der Waals surface area (Å²) < 4.78 is 0. The topological polar surface area (TPSA) is 46.3 Å². The van der Waals surface area contributed by atoms with E-state index in [-0.39, 0.29) is 11.8 Å². The Kier molecular flexibility index (Phi) is 4.81. The molecule has 2 rings (SSSR count). The molecular weight excluding hydrogens is 248 g/mol. The number of amides is 1. The van der Waals surface area contributed by atoms with Gasteiger partial charge in [0, 0.05) is 19.1 Å². The Morgan fingerprint density at radius 2 is 2.10 bits per heavy atom. The lowest BCUT2D eigenvalue weighted by Gasteiger charge is -2.29. The van der Waals surface area contributed by atoms with Gasteiger partial charge in [-0.05, 0) is 31.2 Å². The first-order valence-corrected chi connectivity index (χ1v) is 7.59. The third kappa shape index (κ3) is 3.60. The molecule has 20 heavy (non-hydrogen) atoms. The van der Waals surface area contributed by atoms with Crippen LogP contribution < -0.4 is 5.73 Å². The minimum Gasteiger partial charge on any atom is -0.335 e. The summed E-state index contributed by atoms with van der Waals surface area (Å²) in [6, 6.07) is 8.83.